The highest BCUT2D eigenvalue weighted by Crippen LogP contribution is 2.30. The van der Waals surface area contributed by atoms with Gasteiger partial charge in [-0.25, -0.2) is 0 Å². The third-order valence-electron chi connectivity index (χ3n) is 5.90. The Morgan fingerprint density at radius 3 is 2.52 bits per heavy atom. The molecular weight excluding hydrogens is 400 g/mol. The molecular formula is C23H32N2O6. The summed E-state index contributed by atoms with van der Waals surface area (Å²) in [7, 11) is 1.36. The maximum atomic E-state index is 12.8. The zero-order chi connectivity index (χ0) is 22.2. The number of rotatable bonds is 8. The van der Waals surface area contributed by atoms with Crippen molar-refractivity contribution in [2.75, 3.05) is 33.4 Å². The standard InChI is InChI=1S/C23H32N2O6/c1-3-30-20-14-16(22(27)24-18-9-7-8-17(18)23(28)29-2)10-11-19(20)31-15-21(26)25-12-5-4-6-13-25/h10-11,14,17-18H,3-9,12-13,15H2,1-2H3,(H,24,27)/t17-,18+/m0/s1. The molecule has 2 amide bonds. The number of esters is 1. The lowest BCUT2D eigenvalue weighted by Gasteiger charge is -2.26. The van der Waals surface area contributed by atoms with E-state index in [0.29, 0.717) is 30.1 Å². The molecule has 0 spiro atoms. The molecule has 1 heterocycles. The SMILES string of the molecule is CCOc1cc(C(=O)N[C@@H]2CCC[C@@H]2C(=O)OC)ccc1OCC(=O)N1CCCCC1. The second-order valence-corrected chi connectivity index (χ2v) is 7.97. The summed E-state index contributed by atoms with van der Waals surface area (Å²) in [5.41, 5.74) is 0.411. The Balaban J connectivity index is 1.64. The maximum Gasteiger partial charge on any atom is 0.310 e. The van der Waals surface area contributed by atoms with E-state index in [-0.39, 0.29) is 36.4 Å². The average Bonchev–Trinajstić information content (AvgIpc) is 3.26. The molecule has 1 aliphatic carbocycles. The second-order valence-electron chi connectivity index (χ2n) is 7.97. The van der Waals surface area contributed by atoms with Gasteiger partial charge in [0.1, 0.15) is 0 Å². The summed E-state index contributed by atoms with van der Waals surface area (Å²) >= 11 is 0. The van der Waals surface area contributed by atoms with Crippen LogP contribution >= 0.6 is 0 Å². The van der Waals surface area contributed by atoms with Crippen LogP contribution in [0, 0.1) is 5.92 Å². The van der Waals surface area contributed by atoms with Gasteiger partial charge in [0.05, 0.1) is 19.6 Å². The van der Waals surface area contributed by atoms with Crippen LogP contribution < -0.4 is 14.8 Å². The quantitative estimate of drug-likeness (QED) is 0.635. The van der Waals surface area contributed by atoms with Crippen molar-refractivity contribution in [1.82, 2.24) is 10.2 Å². The Hall–Kier alpha value is -2.77. The van der Waals surface area contributed by atoms with Crippen LogP contribution in [0.5, 0.6) is 11.5 Å². The fourth-order valence-corrected chi connectivity index (χ4v) is 4.23. The van der Waals surface area contributed by atoms with Crippen molar-refractivity contribution in [2.45, 2.75) is 51.5 Å². The first-order valence-corrected chi connectivity index (χ1v) is 11.1. The zero-order valence-corrected chi connectivity index (χ0v) is 18.4. The Morgan fingerprint density at radius 1 is 1.03 bits per heavy atom. The van der Waals surface area contributed by atoms with E-state index in [4.69, 9.17) is 14.2 Å². The van der Waals surface area contributed by atoms with Crippen LogP contribution in [0.1, 0.15) is 55.8 Å². The molecule has 2 aliphatic rings. The number of piperidine rings is 1. The first kappa shape index (κ1) is 22.9. The van der Waals surface area contributed by atoms with Gasteiger partial charge in [-0.2, -0.15) is 0 Å². The Bertz CT molecular complexity index is 790. The molecule has 8 heteroatoms. The van der Waals surface area contributed by atoms with Crippen LogP contribution in [-0.2, 0) is 14.3 Å². The van der Waals surface area contributed by atoms with Gasteiger partial charge in [-0.3, -0.25) is 14.4 Å². The van der Waals surface area contributed by atoms with Crippen LogP contribution in [0.25, 0.3) is 0 Å². The number of hydrogen-bond donors (Lipinski definition) is 1. The molecule has 1 aromatic carbocycles. The number of ether oxygens (including phenoxy) is 3. The number of benzene rings is 1. The monoisotopic (exact) mass is 432 g/mol. The lowest BCUT2D eigenvalue weighted by atomic mass is 10.0. The summed E-state index contributed by atoms with van der Waals surface area (Å²) in [4.78, 5) is 38.9. The number of hydrogen-bond acceptors (Lipinski definition) is 6. The molecule has 0 unspecified atom stereocenters. The highest BCUT2D eigenvalue weighted by Gasteiger charge is 2.35. The van der Waals surface area contributed by atoms with Crippen molar-refractivity contribution >= 4 is 17.8 Å². The molecule has 1 aliphatic heterocycles. The minimum Gasteiger partial charge on any atom is -0.490 e. The van der Waals surface area contributed by atoms with E-state index < -0.39 is 0 Å². The molecule has 0 radical (unpaired) electrons. The summed E-state index contributed by atoms with van der Waals surface area (Å²) in [5.74, 6) is -0.0880. The lowest BCUT2D eigenvalue weighted by molar-refractivity contribution is -0.145. The molecule has 0 aromatic heterocycles. The van der Waals surface area contributed by atoms with E-state index in [0.717, 1.165) is 45.2 Å². The Kier molecular flexibility index (Phi) is 8.14. The summed E-state index contributed by atoms with van der Waals surface area (Å²) in [6, 6.07) is 4.66. The predicted molar refractivity (Wildman–Crippen MR) is 114 cm³/mol. The Labute approximate surface area is 183 Å². The van der Waals surface area contributed by atoms with Gasteiger partial charge in [0, 0.05) is 24.7 Å². The normalized spacial score (nSPS) is 20.8. The molecule has 1 saturated carbocycles. The summed E-state index contributed by atoms with van der Waals surface area (Å²) in [6.45, 7) is 3.72. The van der Waals surface area contributed by atoms with Gasteiger partial charge in [0.2, 0.25) is 0 Å². The fourth-order valence-electron chi connectivity index (χ4n) is 4.23. The van der Waals surface area contributed by atoms with Crippen LogP contribution in [0.3, 0.4) is 0 Å². The molecule has 3 rings (SSSR count). The summed E-state index contributed by atoms with van der Waals surface area (Å²) < 4.78 is 16.2. The van der Waals surface area contributed by atoms with Crippen molar-refractivity contribution in [2.24, 2.45) is 5.92 Å². The molecule has 1 aromatic rings. The van der Waals surface area contributed by atoms with E-state index in [1.165, 1.54) is 7.11 Å². The van der Waals surface area contributed by atoms with E-state index in [1.54, 1.807) is 18.2 Å². The van der Waals surface area contributed by atoms with Crippen LogP contribution in [0.4, 0.5) is 0 Å². The number of carbonyl (C=O) groups is 3. The lowest BCUT2D eigenvalue weighted by Crippen LogP contribution is -2.40. The summed E-state index contributed by atoms with van der Waals surface area (Å²) in [5, 5.41) is 2.95. The number of methoxy groups -OCH3 is 1. The van der Waals surface area contributed by atoms with Crippen molar-refractivity contribution in [3.63, 3.8) is 0 Å². The van der Waals surface area contributed by atoms with E-state index in [2.05, 4.69) is 5.32 Å². The maximum absolute atomic E-state index is 12.8. The minimum atomic E-state index is -0.316. The van der Waals surface area contributed by atoms with Gasteiger partial charge >= 0.3 is 5.97 Å². The molecule has 1 N–H and O–H groups in total. The predicted octanol–water partition coefficient (Wildman–Crippen LogP) is 2.55. The average molecular weight is 433 g/mol. The topological polar surface area (TPSA) is 94.2 Å². The number of nitrogens with zero attached hydrogens (tertiary/aromatic N) is 1. The van der Waals surface area contributed by atoms with Crippen molar-refractivity contribution < 1.29 is 28.6 Å². The molecule has 1 saturated heterocycles. The fraction of sp³-hybridized carbons (Fsp3) is 0.609. The van der Waals surface area contributed by atoms with Gasteiger partial charge in [0.25, 0.3) is 11.8 Å². The molecule has 31 heavy (non-hydrogen) atoms. The number of likely N-dealkylation sites (tertiary alicyclic amines) is 1. The van der Waals surface area contributed by atoms with Gasteiger partial charge in [0.15, 0.2) is 18.1 Å². The van der Waals surface area contributed by atoms with Crippen LogP contribution in [0.2, 0.25) is 0 Å². The van der Waals surface area contributed by atoms with Gasteiger partial charge in [-0.15, -0.1) is 0 Å². The second kappa shape index (κ2) is 11.0. The molecule has 170 valence electrons. The van der Waals surface area contributed by atoms with Crippen molar-refractivity contribution in [1.29, 1.82) is 0 Å². The number of nitrogens with one attached hydrogen (secondary N) is 1. The number of amides is 2. The van der Waals surface area contributed by atoms with E-state index >= 15 is 0 Å². The molecule has 2 fully saturated rings. The van der Waals surface area contributed by atoms with Crippen molar-refractivity contribution in [3.05, 3.63) is 23.8 Å². The Morgan fingerprint density at radius 2 is 1.81 bits per heavy atom. The van der Waals surface area contributed by atoms with Crippen molar-refractivity contribution in [3.8, 4) is 11.5 Å². The highest BCUT2D eigenvalue weighted by atomic mass is 16.5. The van der Waals surface area contributed by atoms with Crippen LogP contribution in [-0.4, -0.2) is 62.1 Å². The molecule has 0 bridgehead atoms. The first-order valence-electron chi connectivity index (χ1n) is 11.1. The largest absolute Gasteiger partial charge is 0.490 e. The summed E-state index contributed by atoms with van der Waals surface area (Å²) in [6.07, 6.45) is 5.52. The third-order valence-corrected chi connectivity index (χ3v) is 5.90. The smallest absolute Gasteiger partial charge is 0.310 e. The zero-order valence-electron chi connectivity index (χ0n) is 18.4. The van der Waals surface area contributed by atoms with Gasteiger partial charge in [-0.05, 0) is 57.2 Å². The van der Waals surface area contributed by atoms with Gasteiger partial charge in [-0.1, -0.05) is 6.42 Å². The molecule has 2 atom stereocenters. The number of carbonyl (C=O) groups excluding carboxylic acids is 3. The van der Waals surface area contributed by atoms with Gasteiger partial charge < -0.3 is 24.4 Å². The minimum absolute atomic E-state index is 0.0425. The molecule has 8 nitrogen and oxygen atoms in total. The highest BCUT2D eigenvalue weighted by molar-refractivity contribution is 5.95. The van der Waals surface area contributed by atoms with E-state index in [1.807, 2.05) is 11.8 Å². The van der Waals surface area contributed by atoms with E-state index in [9.17, 15) is 14.4 Å². The first-order chi connectivity index (χ1) is 15.0. The third kappa shape index (κ3) is 5.89. The van der Waals surface area contributed by atoms with Crippen LogP contribution in [0.15, 0.2) is 18.2 Å².